The van der Waals surface area contributed by atoms with Crippen molar-refractivity contribution in [3.63, 3.8) is 0 Å². The van der Waals surface area contributed by atoms with E-state index in [-0.39, 0.29) is 17.7 Å². The van der Waals surface area contributed by atoms with Crippen molar-refractivity contribution in [1.82, 2.24) is 14.5 Å². The van der Waals surface area contributed by atoms with Crippen LogP contribution in [-0.4, -0.2) is 56.1 Å². The van der Waals surface area contributed by atoms with Crippen LogP contribution in [0.1, 0.15) is 28.5 Å². The van der Waals surface area contributed by atoms with Crippen LogP contribution < -0.4 is 4.74 Å². The van der Waals surface area contributed by atoms with Crippen LogP contribution in [0.25, 0.3) is 11.0 Å². The summed E-state index contributed by atoms with van der Waals surface area (Å²) in [5, 5.41) is 22.0. The van der Waals surface area contributed by atoms with Crippen molar-refractivity contribution < 1.29 is 28.9 Å². The molecule has 0 spiro atoms. The average Bonchev–Trinajstić information content (AvgIpc) is 3.26. The van der Waals surface area contributed by atoms with Crippen molar-refractivity contribution in [3.05, 3.63) is 53.9 Å². The molecule has 0 bridgehead atoms. The Bertz CT molecular complexity index is 1070. The fourth-order valence-electron chi connectivity index (χ4n) is 3.76. The van der Waals surface area contributed by atoms with Crippen LogP contribution in [0.3, 0.4) is 0 Å². The lowest BCUT2D eigenvalue weighted by atomic mass is 10.2. The van der Waals surface area contributed by atoms with Crippen molar-refractivity contribution in [3.8, 4) is 5.75 Å². The lowest BCUT2D eigenvalue weighted by Gasteiger charge is -2.19. The predicted molar refractivity (Wildman–Crippen MR) is 100 cm³/mol. The molecule has 2 aromatic heterocycles. The van der Waals surface area contributed by atoms with Gasteiger partial charge in [-0.15, -0.1) is 0 Å². The third-order valence-corrected chi connectivity index (χ3v) is 5.29. The van der Waals surface area contributed by atoms with E-state index in [1.807, 2.05) is 13.0 Å². The Hall–Kier alpha value is -3.04. The van der Waals surface area contributed by atoms with Gasteiger partial charge in [-0.05, 0) is 31.2 Å². The Kier molecular flexibility index (Phi) is 4.93. The highest BCUT2D eigenvalue weighted by Crippen LogP contribution is 2.36. The van der Waals surface area contributed by atoms with Gasteiger partial charge >= 0.3 is 5.97 Å². The molecule has 0 radical (unpaired) electrons. The number of aliphatic hydroxyl groups excluding tert-OH is 2. The number of fused-ring (bicyclic) bond motifs is 1. The van der Waals surface area contributed by atoms with Crippen LogP contribution in [0.5, 0.6) is 5.75 Å². The van der Waals surface area contributed by atoms with Gasteiger partial charge in [0.1, 0.15) is 47.4 Å². The fourth-order valence-corrected chi connectivity index (χ4v) is 3.76. The molecule has 4 rings (SSSR count). The monoisotopic (exact) mass is 401 g/mol. The summed E-state index contributed by atoms with van der Waals surface area (Å²) in [6, 6.07) is 4.82. The van der Waals surface area contributed by atoms with Gasteiger partial charge in [-0.25, -0.2) is 19.2 Å². The molecular formula is C20H20FN3O5. The van der Waals surface area contributed by atoms with Crippen LogP contribution in [-0.2, 0) is 4.74 Å². The number of nitrogens with zero attached hydrogens (tertiary/aromatic N) is 3. The molecule has 0 aliphatic heterocycles. The molecule has 9 heteroatoms. The summed E-state index contributed by atoms with van der Waals surface area (Å²) in [5.74, 6) is -1.30. The lowest BCUT2D eigenvalue weighted by Crippen LogP contribution is -2.34. The van der Waals surface area contributed by atoms with Gasteiger partial charge in [-0.2, -0.15) is 0 Å². The maximum Gasteiger partial charge on any atom is 0.341 e. The normalized spacial score (nSPS) is 24.0. The smallest absolute Gasteiger partial charge is 0.341 e. The highest BCUT2D eigenvalue weighted by Gasteiger charge is 2.44. The zero-order chi connectivity index (χ0) is 20.7. The molecule has 2 heterocycles. The maximum absolute atomic E-state index is 13.6. The molecule has 1 fully saturated rings. The lowest BCUT2D eigenvalue weighted by molar-refractivity contribution is -0.0167. The van der Waals surface area contributed by atoms with Gasteiger partial charge in [0.05, 0.1) is 18.8 Å². The number of ether oxygens (including phenoxy) is 2. The topological polar surface area (TPSA) is 107 Å². The Morgan fingerprint density at radius 3 is 2.79 bits per heavy atom. The van der Waals surface area contributed by atoms with Gasteiger partial charge in [-0.3, -0.25) is 0 Å². The molecule has 2 N–H and O–H groups in total. The van der Waals surface area contributed by atoms with Crippen molar-refractivity contribution in [2.45, 2.75) is 37.7 Å². The minimum Gasteiger partial charge on any atom is -0.487 e. The zero-order valence-electron chi connectivity index (χ0n) is 15.8. The summed E-state index contributed by atoms with van der Waals surface area (Å²) in [6.45, 7) is 1.86. The molecule has 1 aliphatic carbocycles. The van der Waals surface area contributed by atoms with Gasteiger partial charge < -0.3 is 24.3 Å². The SMILES string of the molecule is COC(=O)c1cc(F)ccc1O[C@H]1C[C@@H](n2ccc3c(C)ncnc32)[C@H](O)[C@@H]1O. The fraction of sp³-hybridized carbons (Fsp3) is 0.350. The number of aromatic nitrogens is 3. The van der Waals surface area contributed by atoms with Crippen LogP contribution in [0.15, 0.2) is 36.8 Å². The van der Waals surface area contributed by atoms with E-state index in [0.29, 0.717) is 5.65 Å². The van der Waals surface area contributed by atoms with Crippen molar-refractivity contribution in [2.24, 2.45) is 0 Å². The minimum absolute atomic E-state index is 0.0747. The highest BCUT2D eigenvalue weighted by atomic mass is 19.1. The quantitative estimate of drug-likeness (QED) is 0.642. The molecule has 4 atom stereocenters. The van der Waals surface area contributed by atoms with Crippen molar-refractivity contribution in [1.29, 1.82) is 0 Å². The molecule has 152 valence electrons. The predicted octanol–water partition coefficient (Wildman–Crippen LogP) is 1.78. The van der Waals surface area contributed by atoms with Gasteiger partial charge in [-0.1, -0.05) is 0 Å². The number of aliphatic hydroxyl groups is 2. The summed E-state index contributed by atoms with van der Waals surface area (Å²) < 4.78 is 25.8. The standard InChI is InChI=1S/C20H20FN3O5/c1-10-12-5-6-24(19(12)23-9-22-10)14-8-16(18(26)17(14)25)29-15-4-3-11(21)7-13(15)20(27)28-2/h3-7,9,14,16-18,25-26H,8H2,1-2H3/t14-,16+,17+,18-/m1/s1. The van der Waals surface area contributed by atoms with E-state index in [0.717, 1.165) is 23.2 Å². The first-order valence-electron chi connectivity index (χ1n) is 9.09. The van der Waals surface area contributed by atoms with E-state index in [1.165, 1.54) is 19.5 Å². The second-order valence-corrected chi connectivity index (χ2v) is 6.99. The van der Waals surface area contributed by atoms with E-state index in [1.54, 1.807) is 10.8 Å². The Morgan fingerprint density at radius 1 is 1.24 bits per heavy atom. The van der Waals surface area contributed by atoms with Crippen LogP contribution in [0, 0.1) is 12.7 Å². The number of carbonyl (C=O) groups excluding carboxylic acids is 1. The van der Waals surface area contributed by atoms with Crippen molar-refractivity contribution in [2.75, 3.05) is 7.11 Å². The van der Waals surface area contributed by atoms with Crippen LogP contribution in [0.2, 0.25) is 0 Å². The van der Waals surface area contributed by atoms with E-state index >= 15 is 0 Å². The summed E-state index contributed by atoms with van der Waals surface area (Å²) in [7, 11) is 1.18. The molecule has 1 saturated carbocycles. The Labute approximate surface area is 165 Å². The molecule has 29 heavy (non-hydrogen) atoms. The Balaban J connectivity index is 1.63. The maximum atomic E-state index is 13.6. The number of benzene rings is 1. The molecule has 0 saturated heterocycles. The van der Waals surface area contributed by atoms with Crippen molar-refractivity contribution >= 4 is 17.0 Å². The first kappa shape index (κ1) is 19.3. The summed E-state index contributed by atoms with van der Waals surface area (Å²) in [4.78, 5) is 20.4. The number of esters is 1. The van der Waals surface area contributed by atoms with Gasteiger partial charge in [0.25, 0.3) is 0 Å². The largest absolute Gasteiger partial charge is 0.487 e. The number of hydrogen-bond acceptors (Lipinski definition) is 7. The second kappa shape index (κ2) is 7.41. The summed E-state index contributed by atoms with van der Waals surface area (Å²) >= 11 is 0. The van der Waals surface area contributed by atoms with Gasteiger partial charge in [0, 0.05) is 18.0 Å². The Morgan fingerprint density at radius 2 is 2.03 bits per heavy atom. The second-order valence-electron chi connectivity index (χ2n) is 6.99. The van der Waals surface area contributed by atoms with Crippen LogP contribution in [0.4, 0.5) is 4.39 Å². The van der Waals surface area contributed by atoms with E-state index < -0.39 is 36.1 Å². The third-order valence-electron chi connectivity index (χ3n) is 5.29. The molecule has 0 unspecified atom stereocenters. The molecular weight excluding hydrogens is 381 g/mol. The zero-order valence-corrected chi connectivity index (χ0v) is 15.8. The number of halogens is 1. The van der Waals surface area contributed by atoms with E-state index in [4.69, 9.17) is 4.74 Å². The number of rotatable bonds is 4. The van der Waals surface area contributed by atoms with Gasteiger partial charge in [0.2, 0.25) is 0 Å². The highest BCUT2D eigenvalue weighted by molar-refractivity contribution is 5.92. The summed E-state index contributed by atoms with van der Waals surface area (Å²) in [5.41, 5.74) is 1.36. The minimum atomic E-state index is -1.21. The van der Waals surface area contributed by atoms with Crippen LogP contribution >= 0.6 is 0 Å². The number of carbonyl (C=O) groups is 1. The third kappa shape index (κ3) is 3.32. The number of aryl methyl sites for hydroxylation is 1. The molecule has 1 aliphatic rings. The number of methoxy groups -OCH3 is 1. The number of hydrogen-bond donors (Lipinski definition) is 2. The molecule has 8 nitrogen and oxygen atoms in total. The van der Waals surface area contributed by atoms with E-state index in [9.17, 15) is 19.4 Å². The van der Waals surface area contributed by atoms with Gasteiger partial charge in [0.15, 0.2) is 0 Å². The first-order chi connectivity index (χ1) is 13.9. The molecule has 0 amide bonds. The molecule has 1 aromatic carbocycles. The first-order valence-corrected chi connectivity index (χ1v) is 9.09. The average molecular weight is 401 g/mol. The van der Waals surface area contributed by atoms with E-state index in [2.05, 4.69) is 14.7 Å². The molecule has 3 aromatic rings. The summed E-state index contributed by atoms with van der Waals surface area (Å²) in [6.07, 6.45) is 0.342.